The molecule has 7 nitrogen and oxygen atoms in total. The molecule has 0 bridgehead atoms. The summed E-state index contributed by atoms with van der Waals surface area (Å²) in [6.45, 7) is 1.28. The number of carbonyl (C=O) groups excluding carboxylic acids is 1. The van der Waals surface area contributed by atoms with Crippen molar-refractivity contribution in [3.8, 4) is 0 Å². The van der Waals surface area contributed by atoms with Gasteiger partial charge in [0.2, 0.25) is 18.0 Å². The third-order valence-electron chi connectivity index (χ3n) is 3.50. The van der Waals surface area contributed by atoms with Gasteiger partial charge >= 0.3 is 5.97 Å². The number of aliphatic imine (C=N–C) groups is 1. The molecule has 0 fully saturated rings. The van der Waals surface area contributed by atoms with E-state index in [0.717, 1.165) is 5.56 Å². The van der Waals surface area contributed by atoms with Gasteiger partial charge in [0.15, 0.2) is 0 Å². The van der Waals surface area contributed by atoms with Crippen molar-refractivity contribution < 1.29 is 19.2 Å². The Kier molecular flexibility index (Phi) is 4.21. The van der Waals surface area contributed by atoms with Crippen molar-refractivity contribution in [3.63, 3.8) is 0 Å². The molecule has 1 aromatic rings. The summed E-state index contributed by atoms with van der Waals surface area (Å²) in [5, 5.41) is 10.6. The largest absolute Gasteiger partial charge is 0.471 e. The van der Waals surface area contributed by atoms with Gasteiger partial charge in [0.1, 0.15) is 6.10 Å². The quantitative estimate of drug-likeness (QED) is 0.465. The molecule has 1 aliphatic rings. The lowest BCUT2D eigenvalue weighted by atomic mass is 9.90. The zero-order valence-electron chi connectivity index (χ0n) is 11.8. The molecule has 0 saturated heterocycles. The highest BCUT2D eigenvalue weighted by Crippen LogP contribution is 2.32. The van der Waals surface area contributed by atoms with Gasteiger partial charge in [-0.25, -0.2) is 9.79 Å². The lowest BCUT2D eigenvalue weighted by Gasteiger charge is -2.24. The molecular weight excluding hydrogens is 276 g/mol. The van der Waals surface area contributed by atoms with Crippen LogP contribution in [-0.2, 0) is 14.3 Å². The fourth-order valence-corrected chi connectivity index (χ4v) is 2.29. The van der Waals surface area contributed by atoms with E-state index in [2.05, 4.69) is 4.99 Å². The standard InChI is InChI=1S/C14H16N2O5/c1-10-14(13(17)20-2,8-9-16(18)19)15-12(21-10)11-6-4-3-5-7-11/h3-7,10H,8-9H2,1-2H3/t10-,14-/m1/s1. The van der Waals surface area contributed by atoms with Gasteiger partial charge in [-0.05, 0) is 19.1 Å². The summed E-state index contributed by atoms with van der Waals surface area (Å²) in [6.07, 6.45) is -0.690. The van der Waals surface area contributed by atoms with E-state index in [4.69, 9.17) is 9.47 Å². The van der Waals surface area contributed by atoms with Crippen LogP contribution in [0.5, 0.6) is 0 Å². The Morgan fingerprint density at radius 3 is 2.71 bits per heavy atom. The molecule has 1 aliphatic heterocycles. The van der Waals surface area contributed by atoms with E-state index in [1.54, 1.807) is 19.1 Å². The Morgan fingerprint density at radius 1 is 1.48 bits per heavy atom. The van der Waals surface area contributed by atoms with E-state index < -0.39 is 22.5 Å². The molecular formula is C14H16N2O5. The van der Waals surface area contributed by atoms with Crippen molar-refractivity contribution in [2.75, 3.05) is 13.7 Å². The SMILES string of the molecule is COC(=O)[C@]1(CC[N+](=O)[O-])N=C(c2ccccc2)O[C@@H]1C. The molecule has 21 heavy (non-hydrogen) atoms. The summed E-state index contributed by atoms with van der Waals surface area (Å²) in [5.74, 6) is -0.320. The van der Waals surface area contributed by atoms with Gasteiger partial charge in [-0.3, -0.25) is 10.1 Å². The van der Waals surface area contributed by atoms with Crippen LogP contribution in [0.15, 0.2) is 35.3 Å². The first-order chi connectivity index (χ1) is 9.99. The molecule has 0 aromatic heterocycles. The molecule has 1 aromatic carbocycles. The minimum absolute atomic E-state index is 0.0653. The molecule has 0 unspecified atom stereocenters. The first kappa shape index (κ1) is 15.0. The number of nitrogens with zero attached hydrogens (tertiary/aromatic N) is 2. The average Bonchev–Trinajstić information content (AvgIpc) is 2.83. The lowest BCUT2D eigenvalue weighted by molar-refractivity contribution is -0.481. The number of ether oxygens (including phenoxy) is 2. The maximum absolute atomic E-state index is 12.1. The van der Waals surface area contributed by atoms with Crippen molar-refractivity contribution in [2.45, 2.75) is 25.0 Å². The van der Waals surface area contributed by atoms with Crippen LogP contribution in [0.1, 0.15) is 18.9 Å². The van der Waals surface area contributed by atoms with Gasteiger partial charge in [-0.2, -0.15) is 0 Å². The summed E-state index contributed by atoms with van der Waals surface area (Å²) < 4.78 is 10.4. The first-order valence-corrected chi connectivity index (χ1v) is 6.52. The Labute approximate surface area is 121 Å². The molecule has 2 rings (SSSR count). The number of esters is 1. The van der Waals surface area contributed by atoms with Gasteiger partial charge in [-0.15, -0.1) is 0 Å². The van der Waals surface area contributed by atoms with Crippen LogP contribution in [0, 0.1) is 10.1 Å². The van der Waals surface area contributed by atoms with E-state index in [0.29, 0.717) is 5.90 Å². The summed E-state index contributed by atoms with van der Waals surface area (Å²) in [5.41, 5.74) is -0.649. The molecule has 2 atom stereocenters. The van der Waals surface area contributed by atoms with Gasteiger partial charge < -0.3 is 9.47 Å². The Balaban J connectivity index is 2.37. The molecule has 0 N–H and O–H groups in total. The summed E-state index contributed by atoms with van der Waals surface area (Å²) in [7, 11) is 1.24. The molecule has 0 amide bonds. The van der Waals surface area contributed by atoms with Crippen LogP contribution in [0.4, 0.5) is 0 Å². The molecule has 1 heterocycles. The third-order valence-corrected chi connectivity index (χ3v) is 3.50. The number of carbonyl (C=O) groups is 1. The van der Waals surface area contributed by atoms with Crippen LogP contribution in [0.2, 0.25) is 0 Å². The molecule has 0 saturated carbocycles. The normalized spacial score (nSPS) is 24.1. The predicted octanol–water partition coefficient (Wildman–Crippen LogP) is 1.43. The number of methoxy groups -OCH3 is 1. The Hall–Kier alpha value is -2.44. The number of rotatable bonds is 5. The zero-order chi connectivity index (χ0) is 15.5. The third kappa shape index (κ3) is 2.86. The van der Waals surface area contributed by atoms with Crippen molar-refractivity contribution in [1.82, 2.24) is 0 Å². The predicted molar refractivity (Wildman–Crippen MR) is 74.8 cm³/mol. The minimum Gasteiger partial charge on any atom is -0.471 e. The van der Waals surface area contributed by atoms with Gasteiger partial charge in [0.25, 0.3) is 0 Å². The van der Waals surface area contributed by atoms with Crippen LogP contribution in [0.3, 0.4) is 0 Å². The van der Waals surface area contributed by atoms with Crippen molar-refractivity contribution >= 4 is 11.9 Å². The number of hydrogen-bond donors (Lipinski definition) is 0. The maximum Gasteiger partial charge on any atom is 0.338 e. The fourth-order valence-electron chi connectivity index (χ4n) is 2.29. The summed E-state index contributed by atoms with van der Waals surface area (Å²) in [6, 6.07) is 9.09. The smallest absolute Gasteiger partial charge is 0.338 e. The summed E-state index contributed by atoms with van der Waals surface area (Å²) in [4.78, 5) is 26.6. The molecule has 7 heteroatoms. The lowest BCUT2D eigenvalue weighted by Crippen LogP contribution is -2.46. The van der Waals surface area contributed by atoms with Crippen molar-refractivity contribution in [2.24, 2.45) is 4.99 Å². The highest BCUT2D eigenvalue weighted by molar-refractivity contribution is 5.99. The highest BCUT2D eigenvalue weighted by Gasteiger charge is 2.52. The van der Waals surface area contributed by atoms with Crippen LogP contribution < -0.4 is 0 Å². The van der Waals surface area contributed by atoms with E-state index in [9.17, 15) is 14.9 Å². The van der Waals surface area contributed by atoms with E-state index in [-0.39, 0.29) is 13.0 Å². The molecule has 0 aliphatic carbocycles. The van der Waals surface area contributed by atoms with Gasteiger partial charge in [0.05, 0.1) is 13.5 Å². The second-order valence-electron chi connectivity index (χ2n) is 4.77. The zero-order valence-corrected chi connectivity index (χ0v) is 11.8. The minimum atomic E-state index is -1.37. The molecule has 0 spiro atoms. The monoisotopic (exact) mass is 292 g/mol. The first-order valence-electron chi connectivity index (χ1n) is 6.52. The van der Waals surface area contributed by atoms with Crippen molar-refractivity contribution in [3.05, 3.63) is 46.0 Å². The van der Waals surface area contributed by atoms with E-state index in [1.165, 1.54) is 7.11 Å². The van der Waals surface area contributed by atoms with E-state index >= 15 is 0 Å². The van der Waals surface area contributed by atoms with E-state index in [1.807, 2.05) is 18.2 Å². The highest BCUT2D eigenvalue weighted by atomic mass is 16.6. The number of benzene rings is 1. The van der Waals surface area contributed by atoms with Gasteiger partial charge in [-0.1, -0.05) is 18.2 Å². The maximum atomic E-state index is 12.1. The van der Waals surface area contributed by atoms with Crippen LogP contribution >= 0.6 is 0 Å². The summed E-state index contributed by atoms with van der Waals surface area (Å²) >= 11 is 0. The van der Waals surface area contributed by atoms with Gasteiger partial charge in [0, 0.05) is 10.5 Å². The fraction of sp³-hybridized carbons (Fsp3) is 0.429. The molecule has 112 valence electrons. The topological polar surface area (TPSA) is 91.0 Å². The Morgan fingerprint density at radius 2 is 2.14 bits per heavy atom. The van der Waals surface area contributed by atoms with Crippen LogP contribution in [-0.4, -0.2) is 42.1 Å². The number of hydrogen-bond acceptors (Lipinski definition) is 6. The Bertz CT molecular complexity index is 572. The average molecular weight is 292 g/mol. The number of nitro groups is 1. The second-order valence-corrected chi connectivity index (χ2v) is 4.77. The molecule has 0 radical (unpaired) electrons. The van der Waals surface area contributed by atoms with Crippen molar-refractivity contribution in [1.29, 1.82) is 0 Å². The van der Waals surface area contributed by atoms with Crippen LogP contribution in [0.25, 0.3) is 0 Å². The second kappa shape index (κ2) is 5.90.